The number of fused-ring (bicyclic) bond motifs is 6. The molecule has 0 aliphatic rings. The molecule has 0 fully saturated rings. The van der Waals surface area contributed by atoms with Crippen molar-refractivity contribution in [2.45, 2.75) is 0 Å². The fourth-order valence-corrected chi connectivity index (χ4v) is 8.17. The number of furan rings is 1. The standard InChI is InChI=1S/C45H27N3OS/c1-3-11-28(12-4-1)29-21-23-31(24-22-29)44-46-43(30-13-5-2-6-14-30)47-45(48-44)32-25-26-38-37(27-32)41-34(16-10-19-39(41)49-38)36-18-9-17-35-33-15-7-8-20-40(33)50-42(35)36/h1-27H. The molecule has 7 aromatic carbocycles. The first-order valence-corrected chi connectivity index (χ1v) is 17.4. The third-order valence-corrected chi connectivity index (χ3v) is 10.6. The lowest BCUT2D eigenvalue weighted by molar-refractivity contribution is 0.669. The molecular formula is C45H27N3OS. The molecule has 0 atom stereocenters. The molecule has 3 aromatic heterocycles. The normalized spacial score (nSPS) is 11.6. The van der Waals surface area contributed by atoms with Gasteiger partial charge in [-0.15, -0.1) is 11.3 Å². The number of nitrogens with zero attached hydrogens (tertiary/aromatic N) is 3. The molecular weight excluding hydrogens is 631 g/mol. The lowest BCUT2D eigenvalue weighted by atomic mass is 9.97. The van der Waals surface area contributed by atoms with Crippen LogP contribution in [0.4, 0.5) is 0 Å². The van der Waals surface area contributed by atoms with Crippen LogP contribution >= 0.6 is 11.3 Å². The van der Waals surface area contributed by atoms with Gasteiger partial charge >= 0.3 is 0 Å². The highest BCUT2D eigenvalue weighted by Crippen LogP contribution is 2.44. The van der Waals surface area contributed by atoms with Crippen LogP contribution in [0.15, 0.2) is 168 Å². The minimum absolute atomic E-state index is 0.612. The third-order valence-electron chi connectivity index (χ3n) is 9.37. The van der Waals surface area contributed by atoms with E-state index in [1.807, 2.05) is 59.9 Å². The maximum atomic E-state index is 6.46. The summed E-state index contributed by atoms with van der Waals surface area (Å²) in [4.78, 5) is 15.1. The van der Waals surface area contributed by atoms with Crippen LogP contribution in [0.1, 0.15) is 0 Å². The smallest absolute Gasteiger partial charge is 0.164 e. The van der Waals surface area contributed by atoms with E-state index >= 15 is 0 Å². The van der Waals surface area contributed by atoms with E-state index in [2.05, 4.69) is 115 Å². The van der Waals surface area contributed by atoms with Crippen molar-refractivity contribution in [1.29, 1.82) is 0 Å². The lowest BCUT2D eigenvalue weighted by Crippen LogP contribution is -2.00. The van der Waals surface area contributed by atoms with E-state index in [0.717, 1.165) is 49.8 Å². The van der Waals surface area contributed by atoms with Crippen molar-refractivity contribution in [1.82, 2.24) is 15.0 Å². The third kappa shape index (κ3) is 4.79. The van der Waals surface area contributed by atoms with Crippen molar-refractivity contribution in [3.8, 4) is 56.4 Å². The summed E-state index contributed by atoms with van der Waals surface area (Å²) in [7, 11) is 0. The van der Waals surface area contributed by atoms with Gasteiger partial charge in [0.15, 0.2) is 17.5 Å². The molecule has 0 aliphatic heterocycles. The molecule has 0 spiro atoms. The summed E-state index contributed by atoms with van der Waals surface area (Å²) >= 11 is 1.84. The van der Waals surface area contributed by atoms with Gasteiger partial charge in [-0.1, -0.05) is 133 Å². The van der Waals surface area contributed by atoms with E-state index < -0.39 is 0 Å². The first kappa shape index (κ1) is 28.6. The van der Waals surface area contributed by atoms with Crippen LogP contribution in [0.2, 0.25) is 0 Å². The first-order chi connectivity index (χ1) is 24.8. The molecule has 0 amide bonds. The van der Waals surface area contributed by atoms with Crippen molar-refractivity contribution in [3.05, 3.63) is 164 Å². The Morgan fingerprint density at radius 1 is 0.380 bits per heavy atom. The Morgan fingerprint density at radius 2 is 0.940 bits per heavy atom. The molecule has 0 saturated heterocycles. The van der Waals surface area contributed by atoms with Crippen molar-refractivity contribution < 1.29 is 4.42 Å². The Morgan fingerprint density at radius 3 is 1.72 bits per heavy atom. The zero-order valence-corrected chi connectivity index (χ0v) is 27.6. The summed E-state index contributed by atoms with van der Waals surface area (Å²) in [6, 6.07) is 56.7. The van der Waals surface area contributed by atoms with Gasteiger partial charge in [-0.2, -0.15) is 0 Å². The summed E-state index contributed by atoms with van der Waals surface area (Å²) in [6.07, 6.45) is 0. The molecule has 10 rings (SSSR count). The number of benzene rings is 7. The highest BCUT2D eigenvalue weighted by atomic mass is 32.1. The zero-order valence-electron chi connectivity index (χ0n) is 26.7. The van der Waals surface area contributed by atoms with Gasteiger partial charge in [0.1, 0.15) is 11.2 Å². The number of hydrogen-bond acceptors (Lipinski definition) is 5. The van der Waals surface area contributed by atoms with Gasteiger partial charge in [0, 0.05) is 53.2 Å². The highest BCUT2D eigenvalue weighted by molar-refractivity contribution is 7.26. The molecule has 234 valence electrons. The molecule has 50 heavy (non-hydrogen) atoms. The monoisotopic (exact) mass is 657 g/mol. The maximum absolute atomic E-state index is 6.46. The van der Waals surface area contributed by atoms with Gasteiger partial charge in [0.05, 0.1) is 0 Å². The molecule has 0 unspecified atom stereocenters. The largest absolute Gasteiger partial charge is 0.456 e. The fraction of sp³-hybridized carbons (Fsp3) is 0. The van der Waals surface area contributed by atoms with E-state index in [9.17, 15) is 0 Å². The molecule has 0 saturated carbocycles. The average Bonchev–Trinajstić information content (AvgIpc) is 3.77. The van der Waals surface area contributed by atoms with Crippen molar-refractivity contribution in [2.75, 3.05) is 0 Å². The Balaban J connectivity index is 1.15. The van der Waals surface area contributed by atoms with E-state index in [1.165, 1.54) is 31.3 Å². The van der Waals surface area contributed by atoms with Crippen molar-refractivity contribution in [3.63, 3.8) is 0 Å². The van der Waals surface area contributed by atoms with Gasteiger partial charge in [-0.3, -0.25) is 0 Å². The first-order valence-electron chi connectivity index (χ1n) is 16.6. The van der Waals surface area contributed by atoms with Gasteiger partial charge in [0.2, 0.25) is 0 Å². The van der Waals surface area contributed by atoms with E-state index in [-0.39, 0.29) is 0 Å². The second kappa shape index (κ2) is 11.6. The summed E-state index contributed by atoms with van der Waals surface area (Å²) in [5, 5.41) is 4.68. The van der Waals surface area contributed by atoms with Gasteiger partial charge in [0.25, 0.3) is 0 Å². The van der Waals surface area contributed by atoms with Gasteiger partial charge in [-0.05, 0) is 47.0 Å². The summed E-state index contributed by atoms with van der Waals surface area (Å²) in [6.45, 7) is 0. The molecule has 3 heterocycles. The summed E-state index contributed by atoms with van der Waals surface area (Å²) in [5.74, 6) is 1.87. The quantitative estimate of drug-likeness (QED) is 0.185. The van der Waals surface area contributed by atoms with Crippen LogP contribution in [0, 0.1) is 0 Å². The lowest BCUT2D eigenvalue weighted by Gasteiger charge is -2.09. The minimum atomic E-state index is 0.612. The summed E-state index contributed by atoms with van der Waals surface area (Å²) in [5.41, 5.74) is 9.12. The van der Waals surface area contributed by atoms with Crippen LogP contribution in [0.5, 0.6) is 0 Å². The van der Waals surface area contributed by atoms with Crippen molar-refractivity contribution >= 4 is 53.4 Å². The van der Waals surface area contributed by atoms with Crippen molar-refractivity contribution in [2.24, 2.45) is 0 Å². The van der Waals surface area contributed by atoms with E-state index in [4.69, 9.17) is 19.4 Å². The topological polar surface area (TPSA) is 51.8 Å². The van der Waals surface area contributed by atoms with Gasteiger partial charge < -0.3 is 4.42 Å². The number of thiophene rings is 1. The Bertz CT molecular complexity index is 2860. The van der Waals surface area contributed by atoms with E-state index in [1.54, 1.807) is 0 Å². The highest BCUT2D eigenvalue weighted by Gasteiger charge is 2.18. The van der Waals surface area contributed by atoms with Crippen LogP contribution in [0.25, 0.3) is 98.5 Å². The second-order valence-corrected chi connectivity index (χ2v) is 13.4. The summed E-state index contributed by atoms with van der Waals surface area (Å²) < 4.78 is 9.03. The molecule has 0 radical (unpaired) electrons. The molecule has 0 aliphatic carbocycles. The molecule has 10 aromatic rings. The van der Waals surface area contributed by atoms with Crippen LogP contribution in [0.3, 0.4) is 0 Å². The maximum Gasteiger partial charge on any atom is 0.164 e. The van der Waals surface area contributed by atoms with Crippen LogP contribution in [-0.4, -0.2) is 15.0 Å². The Hall–Kier alpha value is -6.43. The van der Waals surface area contributed by atoms with Crippen LogP contribution in [-0.2, 0) is 0 Å². The predicted molar refractivity (Wildman–Crippen MR) is 207 cm³/mol. The molecule has 0 bridgehead atoms. The Kier molecular flexibility index (Phi) is 6.64. The van der Waals surface area contributed by atoms with Gasteiger partial charge in [-0.25, -0.2) is 15.0 Å². The number of rotatable bonds is 5. The fourth-order valence-electron chi connectivity index (χ4n) is 6.94. The molecule has 4 nitrogen and oxygen atoms in total. The SMILES string of the molecule is c1ccc(-c2ccc(-c3nc(-c4ccccc4)nc(-c4ccc5oc6cccc(-c7cccc8c7sc7ccccc78)c6c5c4)n3)cc2)cc1. The second-order valence-electron chi connectivity index (χ2n) is 12.4. The molecule has 0 N–H and O–H groups in total. The Labute approximate surface area is 292 Å². The zero-order chi connectivity index (χ0) is 33.0. The average molecular weight is 658 g/mol. The molecule has 5 heteroatoms. The van der Waals surface area contributed by atoms with E-state index in [0.29, 0.717) is 17.5 Å². The minimum Gasteiger partial charge on any atom is -0.456 e. The predicted octanol–water partition coefficient (Wildman–Crippen LogP) is 12.5. The van der Waals surface area contributed by atoms with Crippen LogP contribution < -0.4 is 0 Å². The number of aromatic nitrogens is 3. The number of hydrogen-bond donors (Lipinski definition) is 0.